The van der Waals surface area contributed by atoms with Crippen molar-refractivity contribution >= 4 is 5.91 Å². The van der Waals surface area contributed by atoms with Crippen LogP contribution in [0.3, 0.4) is 0 Å². The molecule has 0 aliphatic heterocycles. The van der Waals surface area contributed by atoms with Crippen molar-refractivity contribution < 1.29 is 14.3 Å². The van der Waals surface area contributed by atoms with Gasteiger partial charge in [0.2, 0.25) is 0 Å². The molecule has 4 heteroatoms. The largest absolute Gasteiger partial charge is 0.493 e. The number of methoxy groups -OCH3 is 1. The lowest BCUT2D eigenvalue weighted by molar-refractivity contribution is 0.0951. The van der Waals surface area contributed by atoms with E-state index >= 15 is 0 Å². The van der Waals surface area contributed by atoms with Crippen LogP contribution in [0.2, 0.25) is 0 Å². The molecule has 0 heterocycles. The average Bonchev–Trinajstić information content (AvgIpc) is 2.53. The molecule has 0 bridgehead atoms. The monoisotopic (exact) mass is 313 g/mol. The molecule has 1 amide bonds. The fourth-order valence-corrected chi connectivity index (χ4v) is 2.16. The van der Waals surface area contributed by atoms with Crippen LogP contribution in [0.4, 0.5) is 0 Å². The summed E-state index contributed by atoms with van der Waals surface area (Å²) < 4.78 is 11.0. The van der Waals surface area contributed by atoms with Gasteiger partial charge in [0.25, 0.3) is 5.91 Å². The van der Waals surface area contributed by atoms with Crippen LogP contribution in [0, 0.1) is 6.92 Å². The Labute approximate surface area is 137 Å². The van der Waals surface area contributed by atoms with Crippen molar-refractivity contribution in [2.75, 3.05) is 7.11 Å². The molecule has 4 nitrogen and oxygen atoms in total. The summed E-state index contributed by atoms with van der Waals surface area (Å²) in [6, 6.07) is 13.2. The fourth-order valence-electron chi connectivity index (χ4n) is 2.16. The van der Waals surface area contributed by atoms with Crippen molar-refractivity contribution in [3.8, 4) is 11.5 Å². The van der Waals surface area contributed by atoms with Gasteiger partial charge < -0.3 is 14.8 Å². The number of carbonyl (C=O) groups excluding carboxylic acids is 1. The molecule has 0 unspecified atom stereocenters. The van der Waals surface area contributed by atoms with E-state index in [0.717, 1.165) is 11.1 Å². The quantitative estimate of drug-likeness (QED) is 0.884. The molecule has 1 N–H and O–H groups in total. The molecule has 0 spiro atoms. The number of benzene rings is 2. The lowest BCUT2D eigenvalue weighted by atomic mass is 10.1. The predicted octanol–water partition coefficient (Wildman–Crippen LogP) is 3.72. The molecule has 122 valence electrons. The Morgan fingerprint density at radius 1 is 1.09 bits per heavy atom. The van der Waals surface area contributed by atoms with E-state index in [0.29, 0.717) is 23.6 Å². The smallest absolute Gasteiger partial charge is 0.251 e. The molecular formula is C19H23NO3. The minimum Gasteiger partial charge on any atom is -0.493 e. The Morgan fingerprint density at radius 3 is 2.39 bits per heavy atom. The summed E-state index contributed by atoms with van der Waals surface area (Å²) in [5.41, 5.74) is 2.74. The minimum absolute atomic E-state index is 0.0796. The third-order valence-electron chi connectivity index (χ3n) is 3.36. The summed E-state index contributed by atoms with van der Waals surface area (Å²) in [5, 5.41) is 2.91. The van der Waals surface area contributed by atoms with Crippen LogP contribution in [0.1, 0.15) is 35.3 Å². The zero-order valence-electron chi connectivity index (χ0n) is 14.1. The van der Waals surface area contributed by atoms with E-state index in [4.69, 9.17) is 9.47 Å². The maximum Gasteiger partial charge on any atom is 0.251 e. The van der Waals surface area contributed by atoms with E-state index < -0.39 is 0 Å². The lowest BCUT2D eigenvalue weighted by Gasteiger charge is -2.14. The SMILES string of the molecule is COc1cc(CNC(=O)c2ccc(C)cc2)ccc1OC(C)C. The fraction of sp³-hybridized carbons (Fsp3) is 0.316. The molecule has 0 fully saturated rings. The highest BCUT2D eigenvalue weighted by molar-refractivity contribution is 5.94. The number of hydrogen-bond donors (Lipinski definition) is 1. The Bertz CT molecular complexity index is 663. The van der Waals surface area contributed by atoms with Crippen LogP contribution in [0.25, 0.3) is 0 Å². The third kappa shape index (κ3) is 4.74. The van der Waals surface area contributed by atoms with Gasteiger partial charge in [-0.2, -0.15) is 0 Å². The van der Waals surface area contributed by atoms with Crippen LogP contribution in [0.15, 0.2) is 42.5 Å². The van der Waals surface area contributed by atoms with Gasteiger partial charge in [0, 0.05) is 12.1 Å². The maximum atomic E-state index is 12.1. The number of carbonyl (C=O) groups is 1. The molecule has 2 rings (SSSR count). The van der Waals surface area contributed by atoms with Gasteiger partial charge in [-0.15, -0.1) is 0 Å². The molecule has 23 heavy (non-hydrogen) atoms. The van der Waals surface area contributed by atoms with Crippen LogP contribution >= 0.6 is 0 Å². The van der Waals surface area contributed by atoms with Gasteiger partial charge in [0.1, 0.15) is 0 Å². The third-order valence-corrected chi connectivity index (χ3v) is 3.36. The molecule has 2 aromatic carbocycles. The van der Waals surface area contributed by atoms with E-state index in [1.165, 1.54) is 0 Å². The summed E-state index contributed by atoms with van der Waals surface area (Å²) >= 11 is 0. The highest BCUT2D eigenvalue weighted by atomic mass is 16.5. The average molecular weight is 313 g/mol. The second-order valence-corrected chi connectivity index (χ2v) is 5.70. The Hall–Kier alpha value is -2.49. The van der Waals surface area contributed by atoms with Gasteiger partial charge in [-0.3, -0.25) is 4.79 Å². The summed E-state index contributed by atoms with van der Waals surface area (Å²) in [7, 11) is 1.61. The molecular weight excluding hydrogens is 290 g/mol. The first-order chi connectivity index (χ1) is 11.0. The molecule has 0 aliphatic carbocycles. The number of amides is 1. The summed E-state index contributed by atoms with van der Waals surface area (Å²) in [4.78, 5) is 12.1. The maximum absolute atomic E-state index is 12.1. The van der Waals surface area contributed by atoms with Crippen molar-refractivity contribution in [1.29, 1.82) is 0 Å². The van der Waals surface area contributed by atoms with Crippen LogP contribution < -0.4 is 14.8 Å². The molecule has 0 atom stereocenters. The van der Waals surface area contributed by atoms with E-state index in [1.807, 2.05) is 63.2 Å². The zero-order chi connectivity index (χ0) is 16.8. The van der Waals surface area contributed by atoms with E-state index in [1.54, 1.807) is 7.11 Å². The highest BCUT2D eigenvalue weighted by Gasteiger charge is 2.09. The van der Waals surface area contributed by atoms with Crippen molar-refractivity contribution in [3.05, 3.63) is 59.2 Å². The first kappa shape index (κ1) is 16.9. The lowest BCUT2D eigenvalue weighted by Crippen LogP contribution is -2.22. The second kappa shape index (κ2) is 7.68. The second-order valence-electron chi connectivity index (χ2n) is 5.70. The van der Waals surface area contributed by atoms with Gasteiger partial charge in [0.15, 0.2) is 11.5 Å². The molecule has 0 radical (unpaired) electrons. The van der Waals surface area contributed by atoms with E-state index in [9.17, 15) is 4.79 Å². The molecule has 0 aromatic heterocycles. The topological polar surface area (TPSA) is 47.6 Å². The first-order valence-electron chi connectivity index (χ1n) is 7.68. The minimum atomic E-state index is -0.0912. The number of rotatable bonds is 6. The Morgan fingerprint density at radius 2 is 1.78 bits per heavy atom. The normalized spacial score (nSPS) is 10.5. The molecule has 0 saturated carbocycles. The van der Waals surface area contributed by atoms with Gasteiger partial charge in [-0.1, -0.05) is 23.8 Å². The number of aryl methyl sites for hydroxylation is 1. The molecule has 0 saturated heterocycles. The van der Waals surface area contributed by atoms with E-state index in [2.05, 4.69) is 5.32 Å². The molecule has 0 aliphatic rings. The van der Waals surface area contributed by atoms with Crippen molar-refractivity contribution in [3.63, 3.8) is 0 Å². The first-order valence-corrected chi connectivity index (χ1v) is 7.68. The van der Waals surface area contributed by atoms with Crippen molar-refractivity contribution in [2.45, 2.75) is 33.4 Å². The van der Waals surface area contributed by atoms with Crippen molar-refractivity contribution in [1.82, 2.24) is 5.32 Å². The van der Waals surface area contributed by atoms with Gasteiger partial charge in [-0.25, -0.2) is 0 Å². The van der Waals surface area contributed by atoms with Crippen LogP contribution in [-0.4, -0.2) is 19.1 Å². The van der Waals surface area contributed by atoms with Crippen molar-refractivity contribution in [2.24, 2.45) is 0 Å². The van der Waals surface area contributed by atoms with Gasteiger partial charge in [0.05, 0.1) is 13.2 Å². The van der Waals surface area contributed by atoms with Crippen LogP contribution in [0.5, 0.6) is 11.5 Å². The summed E-state index contributed by atoms with van der Waals surface area (Å²) in [6.07, 6.45) is 0.0796. The Balaban J connectivity index is 2.02. The van der Waals surface area contributed by atoms with Gasteiger partial charge >= 0.3 is 0 Å². The highest BCUT2D eigenvalue weighted by Crippen LogP contribution is 2.28. The Kier molecular flexibility index (Phi) is 5.63. The number of ether oxygens (including phenoxy) is 2. The summed E-state index contributed by atoms with van der Waals surface area (Å²) in [6.45, 7) is 6.37. The standard InChI is InChI=1S/C19H23NO3/c1-13(2)23-17-10-7-15(11-18(17)22-4)12-20-19(21)16-8-5-14(3)6-9-16/h5-11,13H,12H2,1-4H3,(H,20,21). The zero-order valence-corrected chi connectivity index (χ0v) is 14.1. The molecule has 2 aromatic rings. The number of hydrogen-bond acceptors (Lipinski definition) is 3. The van der Waals surface area contributed by atoms with Gasteiger partial charge in [-0.05, 0) is 50.6 Å². The van der Waals surface area contributed by atoms with E-state index in [-0.39, 0.29) is 12.0 Å². The number of nitrogens with one attached hydrogen (secondary N) is 1. The van der Waals surface area contributed by atoms with Crippen LogP contribution in [-0.2, 0) is 6.54 Å². The predicted molar refractivity (Wildman–Crippen MR) is 91.1 cm³/mol. The summed E-state index contributed by atoms with van der Waals surface area (Å²) in [5.74, 6) is 1.28.